The minimum absolute atomic E-state index is 0.0561. The highest BCUT2D eigenvalue weighted by molar-refractivity contribution is 8.00. The molecule has 2 aromatic rings. The van der Waals surface area contributed by atoms with Crippen LogP contribution in [0.15, 0.2) is 41.3 Å². The monoisotopic (exact) mass is 303 g/mol. The van der Waals surface area contributed by atoms with Crippen molar-refractivity contribution >= 4 is 23.4 Å². The summed E-state index contributed by atoms with van der Waals surface area (Å²) in [6.45, 7) is 6.02. The zero-order valence-electron chi connectivity index (χ0n) is 12.4. The normalized spacial score (nSPS) is 10.5. The van der Waals surface area contributed by atoms with Crippen LogP contribution in [-0.4, -0.2) is 11.7 Å². The summed E-state index contributed by atoms with van der Waals surface area (Å²) in [5, 5.41) is 2.95. The van der Waals surface area contributed by atoms with Crippen molar-refractivity contribution < 1.29 is 9.18 Å². The molecule has 0 unspecified atom stereocenters. The first-order valence-corrected chi connectivity index (χ1v) is 7.70. The number of thioether (sulfide) groups is 1. The van der Waals surface area contributed by atoms with E-state index in [0.29, 0.717) is 5.75 Å². The highest BCUT2D eigenvalue weighted by Crippen LogP contribution is 2.23. The molecule has 0 aliphatic rings. The quantitative estimate of drug-likeness (QED) is 0.844. The van der Waals surface area contributed by atoms with E-state index in [1.54, 1.807) is 12.1 Å². The Bertz CT molecular complexity index is 629. The van der Waals surface area contributed by atoms with Gasteiger partial charge in [0.05, 0.1) is 5.75 Å². The van der Waals surface area contributed by atoms with Gasteiger partial charge in [0, 0.05) is 10.6 Å². The predicted molar refractivity (Wildman–Crippen MR) is 86.4 cm³/mol. The van der Waals surface area contributed by atoms with Crippen molar-refractivity contribution in [2.75, 3.05) is 11.1 Å². The third kappa shape index (κ3) is 4.33. The van der Waals surface area contributed by atoms with Crippen molar-refractivity contribution in [2.24, 2.45) is 0 Å². The van der Waals surface area contributed by atoms with Gasteiger partial charge in [0.15, 0.2) is 0 Å². The van der Waals surface area contributed by atoms with Gasteiger partial charge >= 0.3 is 0 Å². The first kappa shape index (κ1) is 15.6. The van der Waals surface area contributed by atoms with Crippen LogP contribution in [0.25, 0.3) is 0 Å². The second-order valence-corrected chi connectivity index (χ2v) is 6.11. The second kappa shape index (κ2) is 6.76. The van der Waals surface area contributed by atoms with E-state index in [2.05, 4.69) is 17.4 Å². The van der Waals surface area contributed by atoms with Gasteiger partial charge in [0.1, 0.15) is 5.82 Å². The number of halogens is 1. The molecule has 2 nitrogen and oxygen atoms in total. The first-order chi connectivity index (χ1) is 9.95. The van der Waals surface area contributed by atoms with Gasteiger partial charge in [0.25, 0.3) is 0 Å². The lowest BCUT2D eigenvalue weighted by Crippen LogP contribution is -2.15. The Labute approximate surface area is 128 Å². The van der Waals surface area contributed by atoms with Crippen LogP contribution in [0.1, 0.15) is 16.7 Å². The van der Waals surface area contributed by atoms with Crippen LogP contribution in [-0.2, 0) is 4.79 Å². The minimum atomic E-state index is -0.269. The molecule has 2 aromatic carbocycles. The number of anilines is 1. The summed E-state index contributed by atoms with van der Waals surface area (Å²) in [6, 6.07) is 10.2. The standard InChI is InChI=1S/C17H18FNOS/c1-11-8-12(2)17(13(3)9-11)19-16(20)10-21-15-6-4-14(18)5-7-15/h4-9H,10H2,1-3H3,(H,19,20). The van der Waals surface area contributed by atoms with E-state index in [1.807, 2.05) is 20.8 Å². The Balaban J connectivity index is 1.97. The van der Waals surface area contributed by atoms with Gasteiger partial charge in [-0.1, -0.05) is 17.7 Å². The molecule has 0 aliphatic carbocycles. The van der Waals surface area contributed by atoms with Gasteiger partial charge in [-0.2, -0.15) is 0 Å². The molecular weight excluding hydrogens is 285 g/mol. The average Bonchev–Trinajstić information content (AvgIpc) is 2.42. The molecule has 0 aliphatic heterocycles. The van der Waals surface area contributed by atoms with E-state index >= 15 is 0 Å². The Hall–Kier alpha value is -1.81. The van der Waals surface area contributed by atoms with E-state index < -0.39 is 0 Å². The Morgan fingerprint density at radius 2 is 1.67 bits per heavy atom. The fourth-order valence-electron chi connectivity index (χ4n) is 2.23. The van der Waals surface area contributed by atoms with Gasteiger partial charge in [0.2, 0.25) is 5.91 Å². The maximum Gasteiger partial charge on any atom is 0.234 e. The number of nitrogens with one attached hydrogen (secondary N) is 1. The van der Waals surface area contributed by atoms with E-state index in [9.17, 15) is 9.18 Å². The highest BCUT2D eigenvalue weighted by Gasteiger charge is 2.08. The summed E-state index contributed by atoms with van der Waals surface area (Å²) in [7, 11) is 0. The number of rotatable bonds is 4. The van der Waals surface area contributed by atoms with E-state index in [1.165, 1.54) is 29.5 Å². The van der Waals surface area contributed by atoms with Gasteiger partial charge in [-0.15, -0.1) is 11.8 Å². The molecule has 0 saturated heterocycles. The van der Waals surface area contributed by atoms with E-state index in [-0.39, 0.29) is 11.7 Å². The number of carbonyl (C=O) groups is 1. The topological polar surface area (TPSA) is 29.1 Å². The van der Waals surface area contributed by atoms with Crippen LogP contribution in [0.4, 0.5) is 10.1 Å². The molecule has 1 N–H and O–H groups in total. The van der Waals surface area contributed by atoms with Gasteiger partial charge in [-0.05, 0) is 56.2 Å². The number of aryl methyl sites for hydroxylation is 3. The lowest BCUT2D eigenvalue weighted by Gasteiger charge is -2.12. The van der Waals surface area contributed by atoms with Crippen molar-refractivity contribution in [3.05, 3.63) is 58.9 Å². The fraction of sp³-hybridized carbons (Fsp3) is 0.235. The molecule has 0 saturated carbocycles. The van der Waals surface area contributed by atoms with Gasteiger partial charge < -0.3 is 5.32 Å². The van der Waals surface area contributed by atoms with Crippen molar-refractivity contribution in [2.45, 2.75) is 25.7 Å². The van der Waals surface area contributed by atoms with Gasteiger partial charge in [-0.3, -0.25) is 4.79 Å². The molecule has 0 spiro atoms. The highest BCUT2D eigenvalue weighted by atomic mass is 32.2. The second-order valence-electron chi connectivity index (χ2n) is 5.06. The maximum absolute atomic E-state index is 12.8. The summed E-state index contributed by atoms with van der Waals surface area (Å²) >= 11 is 1.39. The largest absolute Gasteiger partial charge is 0.325 e. The molecule has 0 heterocycles. The number of hydrogen-bond acceptors (Lipinski definition) is 2. The van der Waals surface area contributed by atoms with E-state index in [0.717, 1.165) is 21.7 Å². The Morgan fingerprint density at radius 3 is 2.24 bits per heavy atom. The minimum Gasteiger partial charge on any atom is -0.325 e. The molecule has 0 atom stereocenters. The Morgan fingerprint density at radius 1 is 1.10 bits per heavy atom. The van der Waals surface area contributed by atoms with Crippen molar-refractivity contribution in [1.29, 1.82) is 0 Å². The summed E-state index contributed by atoms with van der Waals surface area (Å²) in [5.41, 5.74) is 4.19. The zero-order valence-corrected chi connectivity index (χ0v) is 13.2. The van der Waals surface area contributed by atoms with Crippen LogP contribution in [0.2, 0.25) is 0 Å². The van der Waals surface area contributed by atoms with E-state index in [4.69, 9.17) is 0 Å². The predicted octanol–water partition coefficient (Wildman–Crippen LogP) is 4.48. The average molecular weight is 303 g/mol. The van der Waals surface area contributed by atoms with Crippen LogP contribution in [0.3, 0.4) is 0 Å². The SMILES string of the molecule is Cc1cc(C)c(NC(=O)CSc2ccc(F)cc2)c(C)c1. The van der Waals surface area contributed by atoms with Crippen molar-refractivity contribution in [1.82, 2.24) is 0 Å². The van der Waals surface area contributed by atoms with Crippen molar-refractivity contribution in [3.8, 4) is 0 Å². The third-order valence-corrected chi connectivity index (χ3v) is 4.14. The molecule has 0 radical (unpaired) electrons. The zero-order chi connectivity index (χ0) is 15.4. The Kier molecular flexibility index (Phi) is 5.02. The molecule has 110 valence electrons. The summed E-state index contributed by atoms with van der Waals surface area (Å²) in [5.74, 6) is -0.0210. The molecule has 0 aromatic heterocycles. The molecule has 0 bridgehead atoms. The smallest absolute Gasteiger partial charge is 0.234 e. The van der Waals surface area contributed by atoms with Crippen molar-refractivity contribution in [3.63, 3.8) is 0 Å². The lowest BCUT2D eigenvalue weighted by atomic mass is 10.1. The number of amides is 1. The van der Waals surface area contributed by atoms with Crippen LogP contribution in [0.5, 0.6) is 0 Å². The fourth-order valence-corrected chi connectivity index (χ4v) is 2.93. The number of hydrogen-bond donors (Lipinski definition) is 1. The number of carbonyl (C=O) groups excluding carboxylic acids is 1. The van der Waals surface area contributed by atoms with Crippen LogP contribution in [0, 0.1) is 26.6 Å². The third-order valence-electron chi connectivity index (χ3n) is 3.13. The molecule has 0 fully saturated rings. The summed E-state index contributed by atoms with van der Waals surface area (Å²) in [6.07, 6.45) is 0. The summed E-state index contributed by atoms with van der Waals surface area (Å²) in [4.78, 5) is 12.9. The molecular formula is C17H18FNOS. The molecule has 21 heavy (non-hydrogen) atoms. The van der Waals surface area contributed by atoms with Crippen LogP contribution >= 0.6 is 11.8 Å². The first-order valence-electron chi connectivity index (χ1n) is 6.72. The van der Waals surface area contributed by atoms with Crippen LogP contribution < -0.4 is 5.32 Å². The molecule has 2 rings (SSSR count). The lowest BCUT2D eigenvalue weighted by molar-refractivity contribution is -0.113. The number of benzene rings is 2. The summed E-state index contributed by atoms with van der Waals surface area (Å²) < 4.78 is 12.8. The van der Waals surface area contributed by atoms with Gasteiger partial charge in [-0.25, -0.2) is 4.39 Å². The molecule has 4 heteroatoms. The maximum atomic E-state index is 12.8. The molecule has 1 amide bonds.